The van der Waals surface area contributed by atoms with E-state index in [1.807, 2.05) is 186 Å². The molecular weight excluding hydrogens is 2580 g/mol. The second kappa shape index (κ2) is 48.0. The second-order valence-corrected chi connectivity index (χ2v) is 39.2. The minimum Gasteiger partial charge on any atom is -0.394 e. The van der Waals surface area contributed by atoms with Gasteiger partial charge in [-0.3, -0.25) is 13.8 Å². The molecule has 0 unspecified atom stereocenters. The predicted molar refractivity (Wildman–Crippen MR) is 539 cm³/mol. The van der Waals surface area contributed by atoms with Crippen molar-refractivity contribution < 1.29 is 123 Å². The molecule has 0 saturated carbocycles. The summed E-state index contributed by atoms with van der Waals surface area (Å²) in [6.45, 7) is 22.2. The van der Waals surface area contributed by atoms with Crippen LogP contribution in [-0.4, -0.2) is 91.2 Å². The number of nitrogens with zero attached hydrogens (tertiary/aromatic N) is 13. The number of pyridine rings is 8. The average Bonchev–Trinajstić information content (AvgIpc) is 1.58. The molecule has 9 aromatic heterocycles. The summed E-state index contributed by atoms with van der Waals surface area (Å²) in [6, 6.07) is 118. The zero-order valence-corrected chi connectivity index (χ0v) is 91.7. The van der Waals surface area contributed by atoms with E-state index >= 15 is 0 Å². The van der Waals surface area contributed by atoms with E-state index in [1.165, 1.54) is 52.2 Å². The summed E-state index contributed by atoms with van der Waals surface area (Å²) >= 11 is 0. The molecule has 0 N–H and O–H groups in total. The number of alkyl halides is 3. The number of sulfone groups is 1. The molecule has 145 heavy (non-hydrogen) atoms. The van der Waals surface area contributed by atoms with Crippen molar-refractivity contribution in [2.75, 3.05) is 38.0 Å². The molecule has 15 nitrogen and oxygen atoms in total. The maximum Gasteiger partial charge on any atom is 2.00 e. The largest absolute Gasteiger partial charge is 2.00 e. The molecule has 0 saturated heterocycles. The van der Waals surface area contributed by atoms with Crippen LogP contribution in [0.2, 0.25) is 0 Å². The summed E-state index contributed by atoms with van der Waals surface area (Å²) in [4.78, 5) is 47.5. The number of hydrogen-bond acceptors (Lipinski definition) is 14. The molecule has 0 amide bonds. The molecule has 0 atom stereocenters. The number of rotatable bonds is 22. The van der Waals surface area contributed by atoms with E-state index in [2.05, 4.69) is 191 Å². The first-order chi connectivity index (χ1) is 67.2. The first-order valence-electron chi connectivity index (χ1n) is 45.4. The van der Waals surface area contributed by atoms with Crippen LogP contribution >= 0.6 is 0 Å². The summed E-state index contributed by atoms with van der Waals surface area (Å²) in [5.41, 5.74) is 15.0. The zero-order valence-electron chi connectivity index (χ0n) is 81.8. The molecule has 18 aromatic rings. The standard InChI is InChI=1S/C38H30N2O2S.C29H30N4.C26H22F5N5.C25H18F2N2.4Pt/c1-38(2,36-23-11-21-34(39-36)30-16-9-15-29(26-30)25-28-13-5-3-6-14-28)37-24-12-22-35(40-37)31-17-10-20-33(27-31)43(41,42)32-18-7-4-8-19-32;1-29(2,27-17-9-15-25(30-27)21-11-7-13-23(19-21)32(3)4)28-18-10-16-26(31-28)22-12-8-14-24(20-22)33(5)6;1-24(2,3)23-32-14-36(35-23)20-11-7-10-19(34-20)25(4,5)18-9-6-8-17(33-18)15-12-13-16(27)21(22(15)28)26(29,30)31;1-25(2,23-13-5-11-21(28-23)17-7-3-9-19(26)15-17)24-14-6-12-22(29-24)18-8-4-10-20(27)16-18;;;;/h3-15,18-24,26-27H,25H2,1-2H3;7-10,13-20H,1-6H3;6-11,13H,1-5H3;3-6,9-16H,1-2H3;;;;/q4*-2;4*+2. The Bertz CT molecular complexity index is 7450. The van der Waals surface area contributed by atoms with Gasteiger partial charge in [0, 0.05) is 119 Å². The third-order valence-corrected chi connectivity index (χ3v) is 25.8. The van der Waals surface area contributed by atoms with Gasteiger partial charge in [0.15, 0.2) is 9.84 Å². The van der Waals surface area contributed by atoms with E-state index in [0.717, 1.165) is 85.7 Å². The minimum absolute atomic E-state index is 0. The number of halogens is 7. The fourth-order valence-electron chi connectivity index (χ4n) is 15.6. The molecule has 9 heterocycles. The summed E-state index contributed by atoms with van der Waals surface area (Å²) in [5.74, 6) is -3.09. The van der Waals surface area contributed by atoms with E-state index in [9.17, 15) is 39.2 Å². The summed E-state index contributed by atoms with van der Waals surface area (Å²) in [6.07, 6.45) is -1.55. The summed E-state index contributed by atoms with van der Waals surface area (Å²) in [7, 11) is 4.49. The SMILES string of the molecule is CC(C)(C)c1n[c-]n(-c2cccc(C(C)(C)c3cccc(-c4[c-]cc(F)c(C(F)(F)F)c4F)n3)n2)n1.CC(C)(c1cccc(-c2[c-]ccc(Cc3ccccc3)c2)n1)c1cccc(-c2[c-]ccc(S(=O)(=O)c3ccccc3)c2)n1.CC(C)(c1cccc(-c2[c-]ccc(F)c2)n1)c1cccc(-c2[c-]ccc(F)c2)n1.CN(C)c1cc[c-]c(-c2cccc(C(C)(C)c3cccc(-c4[c-]ccc(N(C)C)c4)n3)n2)c1.[Pt+2].[Pt+2].[Pt+2].[Pt+2]. The van der Waals surface area contributed by atoms with Gasteiger partial charge in [-0.05, 0) is 190 Å². The predicted octanol–water partition coefficient (Wildman–Crippen LogP) is 26.3. The van der Waals surface area contributed by atoms with Crippen molar-refractivity contribution in [3.05, 3.63) is 462 Å². The summed E-state index contributed by atoms with van der Waals surface area (Å²) in [5, 5.41) is 4.45. The van der Waals surface area contributed by atoms with Crippen molar-refractivity contribution in [2.24, 2.45) is 0 Å². The van der Waals surface area contributed by atoms with Crippen molar-refractivity contribution in [3.63, 3.8) is 0 Å². The molecule has 0 aliphatic rings. The minimum atomic E-state index is -5.20. The third kappa shape index (κ3) is 26.9. The fraction of sp³-hybridized carbons (Fsp3) is 0.186. The molecule has 0 spiro atoms. The Balaban J connectivity index is 0.000000184. The molecule has 0 aliphatic heterocycles. The Morgan fingerprint density at radius 3 is 1.03 bits per heavy atom. The van der Waals surface area contributed by atoms with Crippen molar-refractivity contribution in [1.29, 1.82) is 0 Å². The van der Waals surface area contributed by atoms with Crippen LogP contribution in [0.25, 0.3) is 84.6 Å². The summed E-state index contributed by atoms with van der Waals surface area (Å²) < 4.78 is 123. The van der Waals surface area contributed by atoms with Crippen LogP contribution in [0.5, 0.6) is 0 Å². The topological polar surface area (TPSA) is 174 Å². The third-order valence-electron chi connectivity index (χ3n) is 24.0. The Kier molecular flexibility index (Phi) is 37.2. The maximum atomic E-state index is 14.7. The van der Waals surface area contributed by atoms with Crippen LogP contribution in [0, 0.1) is 72.1 Å². The van der Waals surface area contributed by atoms with Gasteiger partial charge in [-0.25, -0.2) is 22.3 Å². The number of aromatic nitrogens is 11. The molecule has 0 radical (unpaired) electrons. The molecule has 0 bridgehead atoms. The van der Waals surface area contributed by atoms with Gasteiger partial charge >= 0.3 is 90.4 Å². The van der Waals surface area contributed by atoms with Crippen molar-refractivity contribution in [2.45, 2.75) is 126 Å². The molecular formula is C118H100F7N13O2Pt4S. The first kappa shape index (κ1) is 112. The van der Waals surface area contributed by atoms with Gasteiger partial charge in [0.1, 0.15) is 0 Å². The molecule has 18 rings (SSSR count). The Labute approximate surface area is 901 Å². The van der Waals surface area contributed by atoms with E-state index in [0.29, 0.717) is 62.9 Å². The molecule has 0 fully saturated rings. The van der Waals surface area contributed by atoms with Gasteiger partial charge in [0.25, 0.3) is 0 Å². The zero-order chi connectivity index (χ0) is 100. The van der Waals surface area contributed by atoms with E-state index in [1.54, 1.807) is 84.9 Å². The molecule has 9 aromatic carbocycles. The van der Waals surface area contributed by atoms with Crippen molar-refractivity contribution in [1.82, 2.24) is 54.6 Å². The Morgan fingerprint density at radius 2 is 0.662 bits per heavy atom. The first-order valence-corrected chi connectivity index (χ1v) is 46.9. The molecule has 744 valence electrons. The molecule has 0 aliphatic carbocycles. The quantitative estimate of drug-likeness (QED) is 0.0463. The monoisotopic (exact) mass is 2680 g/mol. The van der Waals surface area contributed by atoms with Crippen molar-refractivity contribution in [3.8, 4) is 84.6 Å². The van der Waals surface area contributed by atoms with Gasteiger partial charge in [-0.15, -0.1) is 197 Å². The smallest absolute Gasteiger partial charge is 0.394 e. The van der Waals surface area contributed by atoms with E-state index in [4.69, 9.17) is 29.9 Å². The van der Waals surface area contributed by atoms with E-state index < -0.39 is 55.0 Å². The van der Waals surface area contributed by atoms with Crippen LogP contribution in [-0.2, 0) is 134 Å². The van der Waals surface area contributed by atoms with Gasteiger partial charge in [0.2, 0.25) is 0 Å². The Morgan fingerprint density at radius 1 is 0.331 bits per heavy atom. The second-order valence-electron chi connectivity index (χ2n) is 37.2. The van der Waals surface area contributed by atoms with Crippen LogP contribution in [0.3, 0.4) is 0 Å². The maximum absolute atomic E-state index is 14.7. The van der Waals surface area contributed by atoms with Gasteiger partial charge in [-0.2, -0.15) is 13.2 Å². The molecule has 27 heteroatoms. The van der Waals surface area contributed by atoms with Crippen molar-refractivity contribution >= 4 is 21.2 Å². The van der Waals surface area contributed by atoms with Gasteiger partial charge < -0.3 is 54.4 Å². The van der Waals surface area contributed by atoms with Crippen LogP contribution in [0.1, 0.15) is 144 Å². The fourth-order valence-corrected chi connectivity index (χ4v) is 16.9. The van der Waals surface area contributed by atoms with Gasteiger partial charge in [0.05, 0.1) is 28.2 Å². The van der Waals surface area contributed by atoms with E-state index in [-0.39, 0.29) is 122 Å². The van der Waals surface area contributed by atoms with Gasteiger partial charge in [-0.1, -0.05) is 172 Å². The van der Waals surface area contributed by atoms with Crippen LogP contribution < -0.4 is 9.80 Å². The number of anilines is 2. The normalized spacial score (nSPS) is 11.5. The number of hydrogen-bond donors (Lipinski definition) is 0. The van der Waals surface area contributed by atoms with Crippen LogP contribution in [0.4, 0.5) is 42.1 Å². The Hall–Kier alpha value is -12.9. The van der Waals surface area contributed by atoms with Crippen LogP contribution in [0.15, 0.2) is 331 Å². The average molecular weight is 2680 g/mol. The number of benzene rings is 9.